The van der Waals surface area contributed by atoms with E-state index < -0.39 is 0 Å². The molecule has 1 saturated carbocycles. The summed E-state index contributed by atoms with van der Waals surface area (Å²) in [5.74, 6) is 0.706. The van der Waals surface area contributed by atoms with Gasteiger partial charge in [0.2, 0.25) is 0 Å². The van der Waals surface area contributed by atoms with Gasteiger partial charge in [0.05, 0.1) is 22.4 Å². The SMILES string of the molecule is c1ccc(-c2ccc(-c3nc(-c4ccccc4)cc(-c4cccc(-c5ccc6c(c5)c5cc7c(cc5n6-c5ccc(-c6ccccc6)cc5)-c5ccccc5C75CCCCC5)c4)n3)cc2)cc1. The van der Waals surface area contributed by atoms with Gasteiger partial charge in [-0.3, -0.25) is 0 Å². The van der Waals surface area contributed by atoms with Crippen LogP contribution >= 0.6 is 0 Å². The topological polar surface area (TPSA) is 30.7 Å². The van der Waals surface area contributed by atoms with Crippen LogP contribution in [0.4, 0.5) is 0 Å². The highest BCUT2D eigenvalue weighted by molar-refractivity contribution is 6.12. The minimum absolute atomic E-state index is 0.0645. The van der Waals surface area contributed by atoms with E-state index in [9.17, 15) is 0 Å². The van der Waals surface area contributed by atoms with Gasteiger partial charge in [-0.05, 0) is 117 Å². The van der Waals surface area contributed by atoms with E-state index in [1.165, 1.54) is 104 Å². The smallest absolute Gasteiger partial charge is 0.160 e. The van der Waals surface area contributed by atoms with Gasteiger partial charge in [-0.25, -0.2) is 9.97 Å². The van der Waals surface area contributed by atoms with E-state index in [2.05, 4.69) is 229 Å². The summed E-state index contributed by atoms with van der Waals surface area (Å²) in [5.41, 5.74) is 21.5. The van der Waals surface area contributed by atoms with Crippen molar-refractivity contribution in [1.29, 1.82) is 0 Å². The molecule has 0 N–H and O–H groups in total. The van der Waals surface area contributed by atoms with Crippen LogP contribution in [0.2, 0.25) is 0 Å². The molecule has 3 heteroatoms. The number of rotatable bonds is 7. The van der Waals surface area contributed by atoms with Gasteiger partial charge in [-0.15, -0.1) is 0 Å². The molecule has 0 aliphatic heterocycles. The molecule has 67 heavy (non-hydrogen) atoms. The lowest BCUT2D eigenvalue weighted by molar-refractivity contribution is 0.353. The summed E-state index contributed by atoms with van der Waals surface area (Å²) in [4.78, 5) is 10.4. The average Bonchev–Trinajstić information content (AvgIpc) is 3.87. The third-order valence-corrected chi connectivity index (χ3v) is 14.6. The second-order valence-electron chi connectivity index (χ2n) is 18.4. The third kappa shape index (κ3) is 6.72. The summed E-state index contributed by atoms with van der Waals surface area (Å²) in [6.07, 6.45) is 6.26. The highest BCUT2D eigenvalue weighted by Crippen LogP contribution is 2.57. The van der Waals surface area contributed by atoms with E-state index >= 15 is 0 Å². The Morgan fingerprint density at radius 3 is 1.55 bits per heavy atom. The largest absolute Gasteiger partial charge is 0.309 e. The van der Waals surface area contributed by atoms with Gasteiger partial charge in [0.15, 0.2) is 5.82 Å². The van der Waals surface area contributed by atoms with Crippen molar-refractivity contribution in [3.63, 3.8) is 0 Å². The lowest BCUT2D eigenvalue weighted by Crippen LogP contribution is -2.27. The highest BCUT2D eigenvalue weighted by atomic mass is 15.0. The lowest BCUT2D eigenvalue weighted by atomic mass is 9.68. The Morgan fingerprint density at radius 2 is 0.851 bits per heavy atom. The Hall–Kier alpha value is -8.14. The van der Waals surface area contributed by atoms with Crippen LogP contribution in [0.15, 0.2) is 224 Å². The van der Waals surface area contributed by atoms with Crippen molar-refractivity contribution in [1.82, 2.24) is 14.5 Å². The Kier molecular flexibility index (Phi) is 9.42. The molecular weight excluding hydrogens is 811 g/mol. The molecule has 0 bridgehead atoms. The standard InChI is InChI=1S/C64H47N3/c1-5-16-43(17-6-1)45-26-28-48(29-27-45)63-65-59(47-20-9-3-10-21-47)42-60(66-63)51-23-15-22-49(38-51)50-32-35-61-55(39-50)56-40-58-54(53-24-11-12-25-57(53)64(58)36-13-4-14-37-64)41-62(56)67(61)52-33-30-46(31-34-52)44-18-7-2-8-19-44/h1-3,5-12,15-35,38-42H,4,13-14,36-37H2. The summed E-state index contributed by atoms with van der Waals surface area (Å²) in [6.45, 7) is 0. The molecule has 2 aliphatic rings. The molecule has 1 fully saturated rings. The predicted molar refractivity (Wildman–Crippen MR) is 278 cm³/mol. The normalized spacial score (nSPS) is 13.8. The number of benzene rings is 9. The van der Waals surface area contributed by atoms with Crippen molar-refractivity contribution in [2.75, 3.05) is 0 Å². The van der Waals surface area contributed by atoms with Gasteiger partial charge in [-0.1, -0.05) is 195 Å². The number of hydrogen-bond acceptors (Lipinski definition) is 2. The van der Waals surface area contributed by atoms with Gasteiger partial charge in [0.25, 0.3) is 0 Å². The van der Waals surface area contributed by atoms with Crippen molar-refractivity contribution >= 4 is 21.8 Å². The summed E-state index contributed by atoms with van der Waals surface area (Å²) < 4.78 is 2.49. The second kappa shape index (κ2) is 16.1. The summed E-state index contributed by atoms with van der Waals surface area (Å²) in [7, 11) is 0. The van der Waals surface area contributed by atoms with E-state index in [-0.39, 0.29) is 5.41 Å². The Labute approximate surface area is 391 Å². The maximum absolute atomic E-state index is 5.27. The fourth-order valence-corrected chi connectivity index (χ4v) is 11.3. The highest BCUT2D eigenvalue weighted by Gasteiger charge is 2.44. The van der Waals surface area contributed by atoms with Crippen molar-refractivity contribution in [2.45, 2.75) is 37.5 Å². The summed E-state index contributed by atoms with van der Waals surface area (Å²) in [5, 5.41) is 2.58. The lowest BCUT2D eigenvalue weighted by Gasteiger charge is -2.36. The molecule has 2 aliphatic carbocycles. The average molecular weight is 858 g/mol. The molecule has 3 nitrogen and oxygen atoms in total. The van der Waals surface area contributed by atoms with Gasteiger partial charge >= 0.3 is 0 Å². The molecule has 2 aromatic heterocycles. The molecule has 318 valence electrons. The molecule has 9 aromatic carbocycles. The van der Waals surface area contributed by atoms with Gasteiger partial charge in [0, 0.05) is 38.6 Å². The first-order valence-electron chi connectivity index (χ1n) is 23.8. The molecule has 0 unspecified atom stereocenters. The zero-order valence-corrected chi connectivity index (χ0v) is 37.2. The van der Waals surface area contributed by atoms with Gasteiger partial charge in [-0.2, -0.15) is 0 Å². The molecule has 0 radical (unpaired) electrons. The number of aromatic nitrogens is 3. The molecule has 0 atom stereocenters. The van der Waals surface area contributed by atoms with Crippen molar-refractivity contribution in [3.8, 4) is 84.1 Å². The zero-order chi connectivity index (χ0) is 44.3. The zero-order valence-electron chi connectivity index (χ0n) is 37.2. The number of nitrogens with zero attached hydrogens (tertiary/aromatic N) is 3. The van der Waals surface area contributed by atoms with Crippen molar-refractivity contribution in [3.05, 3.63) is 236 Å². The fourth-order valence-electron chi connectivity index (χ4n) is 11.3. The van der Waals surface area contributed by atoms with Crippen LogP contribution in [-0.4, -0.2) is 14.5 Å². The first-order chi connectivity index (χ1) is 33.2. The Bertz CT molecular complexity index is 3620. The molecule has 2 heterocycles. The first-order valence-corrected chi connectivity index (χ1v) is 23.8. The Morgan fingerprint density at radius 1 is 0.328 bits per heavy atom. The number of hydrogen-bond donors (Lipinski definition) is 0. The van der Waals surface area contributed by atoms with E-state index in [0.29, 0.717) is 5.82 Å². The van der Waals surface area contributed by atoms with Gasteiger partial charge < -0.3 is 4.57 Å². The quantitative estimate of drug-likeness (QED) is 0.160. The molecule has 0 amide bonds. The monoisotopic (exact) mass is 857 g/mol. The summed E-state index contributed by atoms with van der Waals surface area (Å²) in [6, 6.07) is 81.8. The van der Waals surface area contributed by atoms with Gasteiger partial charge in [0.1, 0.15) is 0 Å². The van der Waals surface area contributed by atoms with E-state index in [0.717, 1.165) is 39.3 Å². The molecule has 1 spiro atoms. The predicted octanol–water partition coefficient (Wildman–Crippen LogP) is 16.8. The fraction of sp³-hybridized carbons (Fsp3) is 0.0938. The van der Waals surface area contributed by atoms with Crippen LogP contribution in [0.1, 0.15) is 43.2 Å². The van der Waals surface area contributed by atoms with Crippen LogP contribution in [0.3, 0.4) is 0 Å². The maximum atomic E-state index is 5.27. The molecule has 13 rings (SSSR count). The van der Waals surface area contributed by atoms with Crippen molar-refractivity contribution in [2.24, 2.45) is 0 Å². The number of fused-ring (bicyclic) bond motifs is 8. The first kappa shape index (κ1) is 39.2. The molecule has 0 saturated heterocycles. The summed E-state index contributed by atoms with van der Waals surface area (Å²) >= 11 is 0. The van der Waals surface area contributed by atoms with Crippen molar-refractivity contribution < 1.29 is 0 Å². The van der Waals surface area contributed by atoms with Crippen LogP contribution in [0, 0.1) is 0 Å². The Balaban J connectivity index is 0.955. The maximum Gasteiger partial charge on any atom is 0.160 e. The molecule has 11 aromatic rings. The third-order valence-electron chi connectivity index (χ3n) is 14.6. The minimum Gasteiger partial charge on any atom is -0.309 e. The van der Waals surface area contributed by atoms with Crippen LogP contribution in [0.5, 0.6) is 0 Å². The van der Waals surface area contributed by atoms with Crippen LogP contribution in [0.25, 0.3) is 106 Å². The molecular formula is C64H47N3. The van der Waals surface area contributed by atoms with E-state index in [1.807, 2.05) is 0 Å². The minimum atomic E-state index is 0.0645. The van der Waals surface area contributed by atoms with Crippen LogP contribution < -0.4 is 0 Å². The van der Waals surface area contributed by atoms with E-state index in [1.54, 1.807) is 0 Å². The van der Waals surface area contributed by atoms with Crippen LogP contribution in [-0.2, 0) is 5.41 Å². The van der Waals surface area contributed by atoms with E-state index in [4.69, 9.17) is 9.97 Å². The second-order valence-corrected chi connectivity index (χ2v) is 18.4.